The Morgan fingerprint density at radius 1 is 1.52 bits per heavy atom. The first-order valence-electron chi connectivity index (χ1n) is 7.04. The van der Waals surface area contributed by atoms with E-state index < -0.39 is 0 Å². The summed E-state index contributed by atoms with van der Waals surface area (Å²) >= 11 is 1.63. The van der Waals surface area contributed by atoms with Gasteiger partial charge in [-0.2, -0.15) is 11.3 Å². The zero-order valence-electron chi connectivity index (χ0n) is 12.3. The van der Waals surface area contributed by atoms with Crippen molar-refractivity contribution in [1.29, 1.82) is 0 Å². The average molecular weight is 305 g/mol. The monoisotopic (exact) mass is 305 g/mol. The number of ether oxygens (including phenoxy) is 1. The minimum absolute atomic E-state index is 0.00971. The van der Waals surface area contributed by atoms with Crippen LogP contribution in [0, 0.1) is 0 Å². The number of rotatable bonds is 4. The van der Waals surface area contributed by atoms with Gasteiger partial charge in [0.15, 0.2) is 0 Å². The first-order valence-corrected chi connectivity index (χ1v) is 7.98. The van der Waals surface area contributed by atoms with Gasteiger partial charge in [0.2, 0.25) is 5.91 Å². The summed E-state index contributed by atoms with van der Waals surface area (Å²) in [7, 11) is 1.68. The molecule has 0 saturated heterocycles. The van der Waals surface area contributed by atoms with E-state index in [1.807, 2.05) is 34.8 Å². The van der Waals surface area contributed by atoms with Crippen molar-refractivity contribution in [2.24, 2.45) is 0 Å². The smallest absolute Gasteiger partial charge is 0.227 e. The molecular weight excluding hydrogens is 286 g/mol. The number of hydrogen-bond acceptors (Lipinski definition) is 4. The van der Waals surface area contributed by atoms with Crippen LogP contribution in [0.4, 0.5) is 0 Å². The van der Waals surface area contributed by atoms with Crippen molar-refractivity contribution in [2.75, 3.05) is 13.7 Å². The fourth-order valence-corrected chi connectivity index (χ4v) is 3.50. The lowest BCUT2D eigenvalue weighted by molar-refractivity contribution is -0.133. The van der Waals surface area contributed by atoms with E-state index in [0.717, 1.165) is 30.2 Å². The maximum Gasteiger partial charge on any atom is 0.227 e. The molecule has 0 N–H and O–H groups in total. The number of nitrogens with zero attached hydrogens (tertiary/aromatic N) is 3. The minimum atomic E-state index is 0.00971. The topological polar surface area (TPSA) is 47.4 Å². The Morgan fingerprint density at radius 3 is 3.10 bits per heavy atom. The third kappa shape index (κ3) is 2.73. The average Bonchev–Trinajstić information content (AvgIpc) is 3.10. The second-order valence-electron chi connectivity index (χ2n) is 5.26. The lowest BCUT2D eigenvalue weighted by Gasteiger charge is -2.34. The second kappa shape index (κ2) is 5.99. The molecule has 0 radical (unpaired) electrons. The van der Waals surface area contributed by atoms with E-state index in [-0.39, 0.29) is 11.9 Å². The Hall–Kier alpha value is -1.66. The van der Waals surface area contributed by atoms with E-state index in [1.165, 1.54) is 0 Å². The number of carbonyl (C=O) groups is 1. The van der Waals surface area contributed by atoms with Gasteiger partial charge >= 0.3 is 0 Å². The number of carbonyl (C=O) groups excluding carboxylic acids is 1. The molecule has 0 fully saturated rings. The zero-order chi connectivity index (χ0) is 14.8. The Kier molecular flexibility index (Phi) is 4.07. The highest BCUT2D eigenvalue weighted by Gasteiger charge is 2.30. The summed E-state index contributed by atoms with van der Waals surface area (Å²) in [6.07, 6.45) is 2.32. The van der Waals surface area contributed by atoms with Crippen molar-refractivity contribution in [1.82, 2.24) is 14.5 Å². The van der Waals surface area contributed by atoms with E-state index >= 15 is 0 Å². The van der Waals surface area contributed by atoms with Gasteiger partial charge in [0, 0.05) is 20.2 Å². The van der Waals surface area contributed by atoms with Crippen molar-refractivity contribution in [2.45, 2.75) is 32.5 Å². The Labute approximate surface area is 128 Å². The van der Waals surface area contributed by atoms with Crippen LogP contribution in [-0.2, 0) is 29.1 Å². The lowest BCUT2D eigenvalue weighted by atomic mass is 10.1. The maximum absolute atomic E-state index is 12.5. The highest BCUT2D eigenvalue weighted by Crippen LogP contribution is 2.26. The number of aromatic nitrogens is 2. The molecule has 3 heterocycles. The SMILES string of the molecule is COCc1cnc2n1CCN(C(=O)Cc1ccsc1)[C@@H]2C. The third-order valence-electron chi connectivity index (χ3n) is 3.92. The molecule has 0 saturated carbocycles. The Morgan fingerprint density at radius 2 is 2.38 bits per heavy atom. The van der Waals surface area contributed by atoms with Crippen molar-refractivity contribution in [3.05, 3.63) is 40.1 Å². The van der Waals surface area contributed by atoms with Crippen molar-refractivity contribution in [3.8, 4) is 0 Å². The van der Waals surface area contributed by atoms with Gasteiger partial charge in [-0.15, -0.1) is 0 Å². The van der Waals surface area contributed by atoms with Crippen LogP contribution in [0.3, 0.4) is 0 Å². The Bertz CT molecular complexity index is 621. The normalized spacial score (nSPS) is 17.8. The van der Waals surface area contributed by atoms with E-state index in [0.29, 0.717) is 13.0 Å². The summed E-state index contributed by atoms with van der Waals surface area (Å²) in [4.78, 5) is 18.9. The number of fused-ring (bicyclic) bond motifs is 1. The molecule has 0 aliphatic carbocycles. The summed E-state index contributed by atoms with van der Waals surface area (Å²) in [5.74, 6) is 1.12. The number of methoxy groups -OCH3 is 1. The first-order chi connectivity index (χ1) is 10.2. The molecule has 0 spiro atoms. The summed E-state index contributed by atoms with van der Waals surface area (Å²) in [5.41, 5.74) is 2.16. The second-order valence-corrected chi connectivity index (χ2v) is 6.04. The van der Waals surface area contributed by atoms with Crippen LogP contribution in [0.15, 0.2) is 23.0 Å². The number of imidazole rings is 1. The minimum Gasteiger partial charge on any atom is -0.378 e. The predicted octanol–water partition coefficient (Wildman–Crippen LogP) is 2.24. The van der Waals surface area contributed by atoms with Crippen LogP contribution in [0.5, 0.6) is 0 Å². The van der Waals surface area contributed by atoms with Gasteiger partial charge in [-0.05, 0) is 29.3 Å². The van der Waals surface area contributed by atoms with Crippen molar-refractivity contribution in [3.63, 3.8) is 0 Å². The van der Waals surface area contributed by atoms with Gasteiger partial charge in [0.1, 0.15) is 5.82 Å². The van der Waals surface area contributed by atoms with Crippen LogP contribution in [-0.4, -0.2) is 34.0 Å². The molecule has 1 aliphatic rings. The molecule has 2 aromatic heterocycles. The van der Waals surface area contributed by atoms with Crippen LogP contribution < -0.4 is 0 Å². The predicted molar refractivity (Wildman–Crippen MR) is 81.1 cm³/mol. The molecule has 2 aromatic rings. The molecule has 1 atom stereocenters. The molecular formula is C15H19N3O2S. The number of thiophene rings is 1. The maximum atomic E-state index is 12.5. The number of hydrogen-bond donors (Lipinski definition) is 0. The largest absolute Gasteiger partial charge is 0.378 e. The fourth-order valence-electron chi connectivity index (χ4n) is 2.83. The van der Waals surface area contributed by atoms with E-state index in [1.54, 1.807) is 18.4 Å². The molecule has 21 heavy (non-hydrogen) atoms. The van der Waals surface area contributed by atoms with E-state index in [9.17, 15) is 4.79 Å². The Balaban J connectivity index is 1.76. The van der Waals surface area contributed by atoms with Gasteiger partial charge in [-0.25, -0.2) is 4.98 Å². The van der Waals surface area contributed by atoms with Gasteiger partial charge < -0.3 is 14.2 Å². The summed E-state index contributed by atoms with van der Waals surface area (Å²) < 4.78 is 7.36. The summed E-state index contributed by atoms with van der Waals surface area (Å²) in [5, 5.41) is 4.04. The molecule has 112 valence electrons. The highest BCUT2D eigenvalue weighted by molar-refractivity contribution is 7.07. The van der Waals surface area contributed by atoms with Crippen LogP contribution >= 0.6 is 11.3 Å². The molecule has 0 unspecified atom stereocenters. The fraction of sp³-hybridized carbons (Fsp3) is 0.467. The molecule has 0 aromatic carbocycles. The number of amides is 1. The van der Waals surface area contributed by atoms with E-state index in [4.69, 9.17) is 4.74 Å². The molecule has 0 bridgehead atoms. The van der Waals surface area contributed by atoms with E-state index in [2.05, 4.69) is 9.55 Å². The van der Waals surface area contributed by atoms with Crippen molar-refractivity contribution < 1.29 is 9.53 Å². The van der Waals surface area contributed by atoms with Crippen LogP contribution in [0.1, 0.15) is 30.0 Å². The quantitative estimate of drug-likeness (QED) is 0.870. The van der Waals surface area contributed by atoms with Crippen molar-refractivity contribution >= 4 is 17.2 Å². The van der Waals surface area contributed by atoms with Crippen LogP contribution in [0.2, 0.25) is 0 Å². The van der Waals surface area contributed by atoms with Crippen LogP contribution in [0.25, 0.3) is 0 Å². The lowest BCUT2D eigenvalue weighted by Crippen LogP contribution is -2.42. The van der Waals surface area contributed by atoms with Gasteiger partial charge in [-0.1, -0.05) is 0 Å². The third-order valence-corrected chi connectivity index (χ3v) is 4.65. The highest BCUT2D eigenvalue weighted by atomic mass is 32.1. The molecule has 1 aliphatic heterocycles. The van der Waals surface area contributed by atoms with Gasteiger partial charge in [0.25, 0.3) is 0 Å². The molecule has 5 nitrogen and oxygen atoms in total. The molecule has 6 heteroatoms. The zero-order valence-corrected chi connectivity index (χ0v) is 13.1. The standard InChI is InChI=1S/C15H19N3O2S/c1-11-15-16-8-13(9-20-2)18(15)5-4-17(11)14(19)7-12-3-6-21-10-12/h3,6,8,10-11H,4-5,7,9H2,1-2H3/t11-/m1/s1. The molecule has 1 amide bonds. The first kappa shape index (κ1) is 14.3. The summed E-state index contributed by atoms with van der Waals surface area (Å²) in [6, 6.07) is 2.02. The molecule has 3 rings (SSSR count). The van der Waals surface area contributed by atoms with Gasteiger partial charge in [-0.3, -0.25) is 4.79 Å². The van der Waals surface area contributed by atoms with Gasteiger partial charge in [0.05, 0.1) is 31.0 Å². The summed E-state index contributed by atoms with van der Waals surface area (Å²) in [6.45, 7) is 4.11.